The topological polar surface area (TPSA) is 111 Å². The maximum absolute atomic E-state index is 12.8. The molecule has 0 atom stereocenters. The van der Waals surface area contributed by atoms with Crippen molar-refractivity contribution in [2.75, 3.05) is 0 Å². The van der Waals surface area contributed by atoms with E-state index in [1.807, 2.05) is 58.9 Å². The van der Waals surface area contributed by atoms with E-state index in [1.54, 1.807) is 24.6 Å². The predicted octanol–water partition coefficient (Wildman–Crippen LogP) is 8.93. The summed E-state index contributed by atoms with van der Waals surface area (Å²) < 4.78 is 0. The van der Waals surface area contributed by atoms with Gasteiger partial charge in [0.15, 0.2) is 0 Å². The number of phenols is 2. The van der Waals surface area contributed by atoms with Crippen LogP contribution in [0, 0.1) is 5.92 Å². The number of aromatic hydroxyl groups is 2. The highest BCUT2D eigenvalue weighted by Crippen LogP contribution is 2.38. The van der Waals surface area contributed by atoms with Crippen molar-refractivity contribution in [3.05, 3.63) is 86.3 Å². The SMILES string of the molecule is CC(C)Cc1nc2cc(N=Cc3cc(C(C)(C)C)cc(C(C)(C)C)c3O)c(N=Cc3cccc(C(C)(C)C)c3O)cc2[nH]c1=O. The number of nitrogens with zero attached hydrogens (tertiary/aromatic N) is 3. The molecule has 7 nitrogen and oxygen atoms in total. The first-order valence-corrected chi connectivity index (χ1v) is 15.6. The smallest absolute Gasteiger partial charge is 0.270 e. The molecule has 1 heterocycles. The van der Waals surface area contributed by atoms with Gasteiger partial charge in [0.05, 0.1) is 22.4 Å². The van der Waals surface area contributed by atoms with E-state index in [1.165, 1.54) is 0 Å². The number of nitrogens with one attached hydrogen (secondary N) is 1. The van der Waals surface area contributed by atoms with Gasteiger partial charge in [-0.3, -0.25) is 14.8 Å². The number of phenolic OH excluding ortho intramolecular Hbond substituents is 2. The number of aromatic nitrogens is 2. The van der Waals surface area contributed by atoms with Gasteiger partial charge in [0, 0.05) is 29.1 Å². The van der Waals surface area contributed by atoms with Gasteiger partial charge < -0.3 is 15.2 Å². The predicted molar refractivity (Wildman–Crippen MR) is 188 cm³/mol. The molecule has 0 aliphatic rings. The number of benzene rings is 3. The highest BCUT2D eigenvalue weighted by Gasteiger charge is 2.25. The van der Waals surface area contributed by atoms with Gasteiger partial charge in [0.2, 0.25) is 0 Å². The third-order valence-corrected chi connectivity index (χ3v) is 7.83. The Balaban J connectivity index is 1.93. The molecule has 0 saturated heterocycles. The average Bonchev–Trinajstić information content (AvgIpc) is 2.90. The Morgan fingerprint density at radius 2 is 1.36 bits per heavy atom. The van der Waals surface area contributed by atoms with Crippen LogP contribution in [0.3, 0.4) is 0 Å². The maximum atomic E-state index is 12.8. The van der Waals surface area contributed by atoms with E-state index in [2.05, 4.69) is 52.6 Å². The first-order valence-electron chi connectivity index (χ1n) is 15.6. The number of hydrogen-bond donors (Lipinski definition) is 3. The van der Waals surface area contributed by atoms with Crippen LogP contribution in [0.25, 0.3) is 11.0 Å². The summed E-state index contributed by atoms with van der Waals surface area (Å²) in [5.74, 6) is 0.631. The van der Waals surface area contributed by atoms with Crippen LogP contribution in [0.2, 0.25) is 0 Å². The molecular weight excluding hydrogens is 560 g/mol. The highest BCUT2D eigenvalue weighted by atomic mass is 16.3. The van der Waals surface area contributed by atoms with E-state index in [9.17, 15) is 15.0 Å². The Kier molecular flexibility index (Phi) is 9.16. The minimum absolute atomic E-state index is 0.138. The fraction of sp³-hybridized carbons (Fsp3) is 0.421. The van der Waals surface area contributed by atoms with Crippen molar-refractivity contribution in [1.82, 2.24) is 9.97 Å². The molecule has 0 unspecified atom stereocenters. The molecular formula is C38H48N4O3. The van der Waals surface area contributed by atoms with E-state index in [4.69, 9.17) is 15.0 Å². The number of aliphatic imine (C=N–C) groups is 2. The fourth-order valence-electron chi connectivity index (χ4n) is 5.19. The van der Waals surface area contributed by atoms with E-state index in [0.29, 0.717) is 45.6 Å². The number of fused-ring (bicyclic) bond motifs is 1. The lowest BCUT2D eigenvalue weighted by Crippen LogP contribution is -2.17. The average molecular weight is 609 g/mol. The second kappa shape index (κ2) is 12.3. The Hall–Kier alpha value is -4.26. The maximum Gasteiger partial charge on any atom is 0.270 e. The van der Waals surface area contributed by atoms with Gasteiger partial charge in [-0.15, -0.1) is 0 Å². The van der Waals surface area contributed by atoms with Crippen LogP contribution in [-0.2, 0) is 22.7 Å². The Labute approximate surface area is 267 Å². The number of rotatable bonds is 6. The van der Waals surface area contributed by atoms with Crippen LogP contribution in [0.1, 0.15) is 110 Å². The van der Waals surface area contributed by atoms with Crippen molar-refractivity contribution >= 4 is 34.8 Å². The molecule has 0 aliphatic carbocycles. The summed E-state index contributed by atoms with van der Waals surface area (Å²) in [6.45, 7) is 22.9. The number of para-hydroxylation sites is 1. The Bertz CT molecular complexity index is 1840. The molecule has 0 radical (unpaired) electrons. The van der Waals surface area contributed by atoms with Crippen LogP contribution in [0.4, 0.5) is 11.4 Å². The first-order chi connectivity index (χ1) is 20.8. The van der Waals surface area contributed by atoms with Crippen molar-refractivity contribution in [3.8, 4) is 11.5 Å². The lowest BCUT2D eigenvalue weighted by molar-refractivity contribution is 0.443. The van der Waals surface area contributed by atoms with Gasteiger partial charge in [0.25, 0.3) is 5.56 Å². The standard InChI is InChI=1S/C38H48N4O3/c1-22(2)15-32-35(45)42-31-19-29(39-20-23-13-12-14-26(33(23)43)37(6,7)8)28(18-30(31)41-32)40-21-24-16-25(36(3,4)5)17-27(34(24)44)38(9,10)11/h12-14,16-22,43-44H,15H2,1-11H3,(H,42,45). The first kappa shape index (κ1) is 33.6. The highest BCUT2D eigenvalue weighted by molar-refractivity contribution is 5.94. The monoisotopic (exact) mass is 608 g/mol. The summed E-state index contributed by atoms with van der Waals surface area (Å²) in [7, 11) is 0. The molecule has 4 aromatic rings. The molecule has 1 aromatic heterocycles. The summed E-state index contributed by atoms with van der Waals surface area (Å²) in [4.78, 5) is 30.1. The zero-order valence-corrected chi connectivity index (χ0v) is 28.6. The Morgan fingerprint density at radius 1 is 0.778 bits per heavy atom. The molecule has 4 rings (SSSR count). The van der Waals surface area contributed by atoms with Crippen LogP contribution >= 0.6 is 0 Å². The summed E-state index contributed by atoms with van der Waals surface area (Å²) in [5, 5.41) is 22.4. The number of aromatic amines is 1. The third-order valence-electron chi connectivity index (χ3n) is 7.83. The molecule has 0 saturated carbocycles. The van der Waals surface area contributed by atoms with Gasteiger partial charge in [-0.25, -0.2) is 4.98 Å². The molecule has 0 fully saturated rings. The molecule has 0 bridgehead atoms. The quantitative estimate of drug-likeness (QED) is 0.190. The number of hydrogen-bond acceptors (Lipinski definition) is 6. The van der Waals surface area contributed by atoms with Gasteiger partial charge in [-0.2, -0.15) is 0 Å². The minimum atomic E-state index is -0.279. The van der Waals surface area contributed by atoms with Crippen LogP contribution in [0.15, 0.2) is 57.2 Å². The van der Waals surface area contributed by atoms with Gasteiger partial charge in [0.1, 0.15) is 17.2 Å². The largest absolute Gasteiger partial charge is 0.507 e. The van der Waals surface area contributed by atoms with Crippen molar-refractivity contribution < 1.29 is 10.2 Å². The van der Waals surface area contributed by atoms with Crippen molar-refractivity contribution in [2.45, 2.75) is 98.8 Å². The van der Waals surface area contributed by atoms with E-state index in [0.717, 1.165) is 16.7 Å². The zero-order valence-electron chi connectivity index (χ0n) is 28.6. The summed E-state index contributed by atoms with van der Waals surface area (Å²) in [6.07, 6.45) is 3.83. The third kappa shape index (κ3) is 7.70. The zero-order chi connectivity index (χ0) is 33.5. The van der Waals surface area contributed by atoms with Gasteiger partial charge in [-0.05, 0) is 64.0 Å². The molecule has 0 aliphatic heterocycles. The van der Waals surface area contributed by atoms with Crippen molar-refractivity contribution in [1.29, 1.82) is 0 Å². The lowest BCUT2D eigenvalue weighted by atomic mass is 9.79. The van der Waals surface area contributed by atoms with Crippen LogP contribution in [-0.4, -0.2) is 32.6 Å². The molecule has 45 heavy (non-hydrogen) atoms. The lowest BCUT2D eigenvalue weighted by Gasteiger charge is -2.27. The summed E-state index contributed by atoms with van der Waals surface area (Å²) in [6, 6.07) is 13.2. The van der Waals surface area contributed by atoms with Gasteiger partial charge in [-0.1, -0.05) is 94.4 Å². The van der Waals surface area contributed by atoms with Crippen LogP contribution < -0.4 is 5.56 Å². The van der Waals surface area contributed by atoms with E-state index >= 15 is 0 Å². The molecule has 0 amide bonds. The van der Waals surface area contributed by atoms with Crippen molar-refractivity contribution in [2.24, 2.45) is 15.9 Å². The molecule has 0 spiro atoms. The normalized spacial score (nSPS) is 13.2. The molecule has 3 aromatic carbocycles. The van der Waals surface area contributed by atoms with Crippen molar-refractivity contribution in [3.63, 3.8) is 0 Å². The number of H-pyrrole nitrogens is 1. The molecule has 7 heteroatoms. The van der Waals surface area contributed by atoms with E-state index < -0.39 is 0 Å². The molecule has 238 valence electrons. The Morgan fingerprint density at radius 3 is 1.93 bits per heavy atom. The summed E-state index contributed by atoms with van der Waals surface area (Å²) >= 11 is 0. The van der Waals surface area contributed by atoms with Gasteiger partial charge >= 0.3 is 0 Å². The fourth-order valence-corrected chi connectivity index (χ4v) is 5.19. The summed E-state index contributed by atoms with van der Waals surface area (Å²) in [5.41, 5.74) is 5.64. The second-order valence-electron chi connectivity index (χ2n) is 15.4. The van der Waals surface area contributed by atoms with E-state index in [-0.39, 0.29) is 39.2 Å². The second-order valence-corrected chi connectivity index (χ2v) is 15.4. The minimum Gasteiger partial charge on any atom is -0.507 e. The molecule has 3 N–H and O–H groups in total. The van der Waals surface area contributed by atoms with Crippen LogP contribution in [0.5, 0.6) is 11.5 Å².